The number of carboxylic acid groups (broad SMARTS) is 1. The molecule has 0 spiro atoms. The molecule has 0 saturated carbocycles. The van der Waals surface area contributed by atoms with E-state index in [-0.39, 0.29) is 35.3 Å². The van der Waals surface area contributed by atoms with E-state index in [4.69, 9.17) is 5.73 Å². The summed E-state index contributed by atoms with van der Waals surface area (Å²) in [5, 5.41) is 30.4. The largest absolute Gasteiger partial charge is 0.510 e. The van der Waals surface area contributed by atoms with Crippen molar-refractivity contribution in [2.75, 3.05) is 14.1 Å². The van der Waals surface area contributed by atoms with E-state index >= 15 is 0 Å². The zero-order valence-electron chi connectivity index (χ0n) is 17.0. The molecule has 5 N–H and O–H groups in total. The van der Waals surface area contributed by atoms with Crippen LogP contribution in [0.25, 0.3) is 5.57 Å². The highest BCUT2D eigenvalue weighted by Gasteiger charge is 2.42. The maximum atomic E-state index is 12.9. The highest BCUT2D eigenvalue weighted by Crippen LogP contribution is 2.43. The highest BCUT2D eigenvalue weighted by atomic mass is 16.4. The standard InChI is InChI=1S/C22H22N2O7/c1-9-11-5-4-6-13(25)15(11)19(27)16(22(30)31)12(9)7-10-8-14(26)17(21(23)29)20(28)18(10)24(2)3/h4-6,10,18,25,28H,1,7-8H2,2-3H3,(H2,23,29)(H,30,31)/t10-,18+/m1/s1. The number of allylic oxidation sites excluding steroid dienone is 2. The minimum absolute atomic E-state index is 0.0774. The Labute approximate surface area is 177 Å². The summed E-state index contributed by atoms with van der Waals surface area (Å²) in [6, 6.07) is 3.53. The molecule has 2 aliphatic rings. The number of aliphatic carboxylic acids is 1. The first-order chi connectivity index (χ1) is 14.5. The summed E-state index contributed by atoms with van der Waals surface area (Å²) in [6.07, 6.45) is -0.262. The van der Waals surface area contributed by atoms with Gasteiger partial charge in [0.15, 0.2) is 5.78 Å². The molecule has 0 unspecified atom stereocenters. The van der Waals surface area contributed by atoms with Gasteiger partial charge in [-0.3, -0.25) is 19.3 Å². The number of ketones is 2. The number of amides is 1. The fourth-order valence-corrected chi connectivity index (χ4v) is 4.40. The number of carbonyl (C=O) groups is 4. The van der Waals surface area contributed by atoms with E-state index in [9.17, 15) is 34.5 Å². The number of fused-ring (bicyclic) bond motifs is 1. The second-order valence-corrected chi connectivity index (χ2v) is 7.79. The summed E-state index contributed by atoms with van der Waals surface area (Å²) in [5.41, 5.74) is 4.72. The average Bonchev–Trinajstić information content (AvgIpc) is 2.64. The lowest BCUT2D eigenvalue weighted by Gasteiger charge is -2.37. The summed E-state index contributed by atoms with van der Waals surface area (Å²) in [5.74, 6) is -5.54. The molecule has 2 aliphatic carbocycles. The molecular weight excluding hydrogens is 404 g/mol. The van der Waals surface area contributed by atoms with E-state index in [0.717, 1.165) is 0 Å². The number of Topliss-reactive ketones (excluding diaryl/α,β-unsaturated/α-hetero) is 2. The molecule has 3 rings (SSSR count). The number of carbonyl (C=O) groups excluding carboxylic acids is 3. The number of hydrogen-bond donors (Lipinski definition) is 4. The molecule has 0 fully saturated rings. The van der Waals surface area contributed by atoms with Crippen molar-refractivity contribution in [3.63, 3.8) is 0 Å². The fourth-order valence-electron chi connectivity index (χ4n) is 4.40. The maximum Gasteiger partial charge on any atom is 0.340 e. The Balaban J connectivity index is 2.14. The van der Waals surface area contributed by atoms with E-state index in [1.807, 2.05) is 0 Å². The van der Waals surface area contributed by atoms with Crippen molar-refractivity contribution in [3.05, 3.63) is 58.4 Å². The first-order valence-electron chi connectivity index (χ1n) is 9.42. The van der Waals surface area contributed by atoms with Crippen LogP contribution in [0, 0.1) is 5.92 Å². The first-order valence-corrected chi connectivity index (χ1v) is 9.42. The Morgan fingerprint density at radius 2 is 1.84 bits per heavy atom. The summed E-state index contributed by atoms with van der Waals surface area (Å²) in [4.78, 5) is 50.6. The molecule has 0 radical (unpaired) electrons. The van der Waals surface area contributed by atoms with Crippen LogP contribution in [-0.2, 0) is 14.4 Å². The number of rotatable bonds is 5. The molecular formula is C22H22N2O7. The lowest BCUT2D eigenvalue weighted by atomic mass is 9.73. The second kappa shape index (κ2) is 7.84. The lowest BCUT2D eigenvalue weighted by Crippen LogP contribution is -2.45. The molecule has 1 aromatic rings. The molecule has 9 nitrogen and oxygen atoms in total. The molecule has 31 heavy (non-hydrogen) atoms. The van der Waals surface area contributed by atoms with E-state index in [0.29, 0.717) is 5.56 Å². The highest BCUT2D eigenvalue weighted by molar-refractivity contribution is 6.30. The van der Waals surface area contributed by atoms with Gasteiger partial charge in [0.25, 0.3) is 5.91 Å². The van der Waals surface area contributed by atoms with Gasteiger partial charge in [-0.25, -0.2) is 4.79 Å². The van der Waals surface area contributed by atoms with Crippen LogP contribution in [0.1, 0.15) is 28.8 Å². The lowest BCUT2D eigenvalue weighted by molar-refractivity contribution is -0.132. The van der Waals surface area contributed by atoms with Crippen LogP contribution in [0.2, 0.25) is 0 Å². The monoisotopic (exact) mass is 426 g/mol. The van der Waals surface area contributed by atoms with Crippen LogP contribution in [0.15, 0.2) is 47.3 Å². The Morgan fingerprint density at radius 3 is 2.39 bits per heavy atom. The number of benzene rings is 1. The fraction of sp³-hybridized carbons (Fsp3) is 0.273. The van der Waals surface area contributed by atoms with E-state index in [1.54, 1.807) is 25.1 Å². The van der Waals surface area contributed by atoms with Crippen molar-refractivity contribution >= 4 is 29.0 Å². The topological polar surface area (TPSA) is 158 Å². The quantitative estimate of drug-likeness (QED) is 0.511. The molecule has 2 atom stereocenters. The molecule has 0 aromatic heterocycles. The third-order valence-electron chi connectivity index (χ3n) is 5.68. The van der Waals surface area contributed by atoms with Crippen molar-refractivity contribution in [2.45, 2.75) is 18.9 Å². The SMILES string of the molecule is C=C1C(C[C@@H]2CC(=O)C(C(N)=O)=C(O)[C@H]2N(C)C)=C(C(=O)O)C(=O)c2c(O)cccc21. The smallest absolute Gasteiger partial charge is 0.340 e. The molecule has 1 aromatic carbocycles. The minimum atomic E-state index is -1.49. The molecule has 1 amide bonds. The number of likely N-dealkylation sites (N-methyl/N-ethyl adjacent to an activating group) is 1. The summed E-state index contributed by atoms with van der Waals surface area (Å²) in [6.45, 7) is 3.93. The van der Waals surface area contributed by atoms with E-state index in [2.05, 4.69) is 6.58 Å². The Hall–Kier alpha value is -3.72. The van der Waals surface area contributed by atoms with Crippen LogP contribution in [0.4, 0.5) is 0 Å². The number of primary amides is 1. The molecule has 9 heteroatoms. The van der Waals surface area contributed by atoms with Crippen molar-refractivity contribution in [1.29, 1.82) is 0 Å². The maximum absolute atomic E-state index is 12.9. The number of carboxylic acids is 1. The number of aliphatic hydroxyl groups excluding tert-OH is 1. The van der Waals surface area contributed by atoms with Gasteiger partial charge in [0.1, 0.15) is 22.7 Å². The van der Waals surface area contributed by atoms with Gasteiger partial charge in [0.05, 0.1) is 11.6 Å². The number of aliphatic hydroxyl groups is 1. The zero-order chi connectivity index (χ0) is 23.2. The number of hydrogen-bond acceptors (Lipinski definition) is 7. The summed E-state index contributed by atoms with van der Waals surface area (Å²) < 4.78 is 0. The average molecular weight is 426 g/mol. The molecule has 162 valence electrons. The first kappa shape index (κ1) is 22.0. The second-order valence-electron chi connectivity index (χ2n) is 7.79. The Bertz CT molecular complexity index is 1110. The van der Waals surface area contributed by atoms with Crippen molar-refractivity contribution < 1.29 is 34.5 Å². The van der Waals surface area contributed by atoms with Gasteiger partial charge >= 0.3 is 5.97 Å². The Morgan fingerprint density at radius 1 is 1.19 bits per heavy atom. The van der Waals surface area contributed by atoms with Crippen molar-refractivity contribution in [2.24, 2.45) is 11.7 Å². The van der Waals surface area contributed by atoms with Crippen LogP contribution < -0.4 is 5.73 Å². The van der Waals surface area contributed by atoms with Gasteiger partial charge in [0.2, 0.25) is 5.78 Å². The van der Waals surface area contributed by atoms with Gasteiger partial charge < -0.3 is 21.1 Å². The summed E-state index contributed by atoms with van der Waals surface area (Å²) >= 11 is 0. The minimum Gasteiger partial charge on any atom is -0.510 e. The van der Waals surface area contributed by atoms with Gasteiger partial charge in [0, 0.05) is 6.42 Å². The van der Waals surface area contributed by atoms with Gasteiger partial charge in [-0.1, -0.05) is 18.7 Å². The van der Waals surface area contributed by atoms with Crippen molar-refractivity contribution in [1.82, 2.24) is 4.90 Å². The molecule has 0 aliphatic heterocycles. The zero-order valence-corrected chi connectivity index (χ0v) is 17.0. The summed E-state index contributed by atoms with van der Waals surface area (Å²) in [7, 11) is 3.26. The molecule has 0 heterocycles. The van der Waals surface area contributed by atoms with Gasteiger partial charge in [-0.05, 0) is 49.2 Å². The van der Waals surface area contributed by atoms with Crippen LogP contribution in [0.5, 0.6) is 5.75 Å². The van der Waals surface area contributed by atoms with E-state index < -0.39 is 52.3 Å². The Kier molecular flexibility index (Phi) is 5.56. The number of aromatic hydroxyl groups is 1. The predicted octanol–water partition coefficient (Wildman–Crippen LogP) is 1.19. The van der Waals surface area contributed by atoms with Crippen LogP contribution >= 0.6 is 0 Å². The van der Waals surface area contributed by atoms with Crippen LogP contribution in [0.3, 0.4) is 0 Å². The molecule has 0 saturated heterocycles. The van der Waals surface area contributed by atoms with Gasteiger partial charge in [-0.2, -0.15) is 0 Å². The number of nitrogens with zero attached hydrogens (tertiary/aromatic N) is 1. The van der Waals surface area contributed by atoms with Gasteiger partial charge in [-0.15, -0.1) is 0 Å². The van der Waals surface area contributed by atoms with Crippen molar-refractivity contribution in [3.8, 4) is 5.75 Å². The van der Waals surface area contributed by atoms with Crippen LogP contribution in [-0.4, -0.2) is 63.8 Å². The molecule has 0 bridgehead atoms. The third kappa shape index (κ3) is 3.53. The third-order valence-corrected chi connectivity index (χ3v) is 5.68. The normalized spacial score (nSPS) is 21.6. The predicted molar refractivity (Wildman–Crippen MR) is 110 cm³/mol. The number of phenols is 1. The van der Waals surface area contributed by atoms with E-state index in [1.165, 1.54) is 12.1 Å². The number of nitrogens with two attached hydrogens (primary N) is 1. The number of phenolic OH excluding ortho intramolecular Hbond substituents is 1.